The monoisotopic (exact) mass is 285 g/mol. The third-order valence-corrected chi connectivity index (χ3v) is 3.06. The van der Waals surface area contributed by atoms with Crippen LogP contribution in [0.5, 0.6) is 0 Å². The molecule has 0 aliphatic rings. The molecule has 0 aliphatic heterocycles. The minimum atomic E-state index is -0.570. The number of nitrogens with two attached hydrogens (primary N) is 1. The fraction of sp³-hybridized carbons (Fsp3) is 0.0667. The molecule has 0 bridgehead atoms. The first-order chi connectivity index (χ1) is 10.1. The summed E-state index contributed by atoms with van der Waals surface area (Å²) in [5, 5.41) is 7.26. The third-order valence-electron chi connectivity index (χ3n) is 3.06. The molecule has 2 aromatic carbocycles. The van der Waals surface area contributed by atoms with E-state index in [4.69, 9.17) is 10.3 Å². The normalized spacial score (nSPS) is 10.7. The van der Waals surface area contributed by atoms with Crippen LogP contribution in [0.25, 0.3) is 11.0 Å². The zero-order valence-electron chi connectivity index (χ0n) is 11.0. The largest absolute Gasteiger partial charge is 0.396 e. The smallest absolute Gasteiger partial charge is 0.230 e. The number of fused-ring (bicyclic) bond motifs is 1. The standard InChI is InChI=1S/C15H12FN3O2/c16-11-7-9(5-6-12(11)17)18-15(20)8-13-10-3-1-2-4-14(10)21-19-13/h1-7H,8,17H2,(H,18,20). The van der Waals surface area contributed by atoms with Crippen LogP contribution in [0.2, 0.25) is 0 Å². The van der Waals surface area contributed by atoms with E-state index in [0.717, 1.165) is 5.39 Å². The van der Waals surface area contributed by atoms with Crippen LogP contribution in [-0.2, 0) is 11.2 Å². The number of benzene rings is 2. The topological polar surface area (TPSA) is 81.1 Å². The number of hydrogen-bond acceptors (Lipinski definition) is 4. The van der Waals surface area contributed by atoms with Crippen molar-refractivity contribution in [3.05, 3.63) is 54.0 Å². The third kappa shape index (κ3) is 2.69. The van der Waals surface area contributed by atoms with E-state index in [-0.39, 0.29) is 18.0 Å². The number of para-hydroxylation sites is 1. The van der Waals surface area contributed by atoms with Crippen molar-refractivity contribution in [1.82, 2.24) is 5.16 Å². The molecule has 0 radical (unpaired) electrons. The molecule has 106 valence electrons. The lowest BCUT2D eigenvalue weighted by molar-refractivity contribution is -0.115. The number of nitrogens with one attached hydrogen (secondary N) is 1. The fourth-order valence-electron chi connectivity index (χ4n) is 2.03. The number of nitrogens with zero attached hydrogens (tertiary/aromatic N) is 1. The molecule has 0 unspecified atom stereocenters. The Morgan fingerprint density at radius 2 is 2.10 bits per heavy atom. The maximum Gasteiger partial charge on any atom is 0.230 e. The number of carbonyl (C=O) groups is 1. The molecule has 3 rings (SSSR count). The van der Waals surface area contributed by atoms with Crippen LogP contribution < -0.4 is 11.1 Å². The van der Waals surface area contributed by atoms with Gasteiger partial charge >= 0.3 is 0 Å². The highest BCUT2D eigenvalue weighted by Crippen LogP contribution is 2.19. The summed E-state index contributed by atoms with van der Waals surface area (Å²) in [4.78, 5) is 12.0. The number of hydrogen-bond donors (Lipinski definition) is 2. The lowest BCUT2D eigenvalue weighted by atomic mass is 10.1. The second kappa shape index (κ2) is 5.24. The Morgan fingerprint density at radius 3 is 2.90 bits per heavy atom. The van der Waals surface area contributed by atoms with Crippen molar-refractivity contribution in [3.8, 4) is 0 Å². The number of amides is 1. The molecule has 1 aromatic heterocycles. The van der Waals surface area contributed by atoms with Crippen molar-refractivity contribution in [3.63, 3.8) is 0 Å². The number of aromatic nitrogens is 1. The molecule has 21 heavy (non-hydrogen) atoms. The Morgan fingerprint density at radius 1 is 1.29 bits per heavy atom. The second-order valence-corrected chi connectivity index (χ2v) is 4.59. The number of halogens is 1. The summed E-state index contributed by atoms with van der Waals surface area (Å²) in [6.45, 7) is 0. The van der Waals surface area contributed by atoms with Gasteiger partial charge < -0.3 is 15.6 Å². The number of rotatable bonds is 3. The van der Waals surface area contributed by atoms with Gasteiger partial charge in [-0.25, -0.2) is 4.39 Å². The van der Waals surface area contributed by atoms with Crippen molar-refractivity contribution in [2.45, 2.75) is 6.42 Å². The minimum Gasteiger partial charge on any atom is -0.396 e. The van der Waals surface area contributed by atoms with Gasteiger partial charge in [0.05, 0.1) is 12.1 Å². The zero-order valence-corrected chi connectivity index (χ0v) is 11.0. The van der Waals surface area contributed by atoms with E-state index in [1.165, 1.54) is 18.2 Å². The summed E-state index contributed by atoms with van der Waals surface area (Å²) in [7, 11) is 0. The Kier molecular flexibility index (Phi) is 3.27. The first-order valence-corrected chi connectivity index (χ1v) is 6.31. The van der Waals surface area contributed by atoms with Gasteiger partial charge in [-0.05, 0) is 30.3 Å². The van der Waals surface area contributed by atoms with E-state index in [2.05, 4.69) is 10.5 Å². The van der Waals surface area contributed by atoms with Crippen LogP contribution in [0, 0.1) is 5.82 Å². The maximum absolute atomic E-state index is 13.3. The number of nitrogen functional groups attached to an aromatic ring is 1. The molecular formula is C15H12FN3O2. The molecule has 0 fully saturated rings. The van der Waals surface area contributed by atoms with Crippen LogP contribution in [0.4, 0.5) is 15.8 Å². The van der Waals surface area contributed by atoms with E-state index < -0.39 is 5.82 Å². The van der Waals surface area contributed by atoms with Gasteiger partial charge in [0.2, 0.25) is 5.91 Å². The van der Waals surface area contributed by atoms with E-state index in [0.29, 0.717) is 17.0 Å². The fourth-order valence-corrected chi connectivity index (χ4v) is 2.03. The van der Waals surface area contributed by atoms with Gasteiger partial charge in [-0.3, -0.25) is 4.79 Å². The van der Waals surface area contributed by atoms with Crippen LogP contribution in [0.15, 0.2) is 47.0 Å². The van der Waals surface area contributed by atoms with Gasteiger partial charge in [0.15, 0.2) is 5.58 Å². The molecule has 3 N–H and O–H groups in total. The van der Waals surface area contributed by atoms with Gasteiger partial charge in [-0.2, -0.15) is 0 Å². The zero-order chi connectivity index (χ0) is 14.8. The highest BCUT2D eigenvalue weighted by molar-refractivity contribution is 5.94. The second-order valence-electron chi connectivity index (χ2n) is 4.59. The summed E-state index contributed by atoms with van der Waals surface area (Å²) >= 11 is 0. The number of carbonyl (C=O) groups excluding carboxylic acids is 1. The summed E-state index contributed by atoms with van der Waals surface area (Å²) in [5.74, 6) is -0.877. The van der Waals surface area contributed by atoms with Crippen molar-refractivity contribution in [2.24, 2.45) is 0 Å². The molecule has 0 atom stereocenters. The Labute approximate surface area is 119 Å². The average Bonchev–Trinajstić information content (AvgIpc) is 2.86. The van der Waals surface area contributed by atoms with E-state index >= 15 is 0 Å². The minimum absolute atomic E-state index is 0.0375. The molecule has 0 spiro atoms. The van der Waals surface area contributed by atoms with Crippen LogP contribution >= 0.6 is 0 Å². The average molecular weight is 285 g/mol. The quantitative estimate of drug-likeness (QED) is 0.725. The van der Waals surface area contributed by atoms with Crippen molar-refractivity contribution in [1.29, 1.82) is 0 Å². The molecular weight excluding hydrogens is 273 g/mol. The lowest BCUT2D eigenvalue weighted by Gasteiger charge is -2.05. The van der Waals surface area contributed by atoms with Crippen LogP contribution in [-0.4, -0.2) is 11.1 Å². The van der Waals surface area contributed by atoms with E-state index in [9.17, 15) is 9.18 Å². The Hall–Kier alpha value is -2.89. The predicted octanol–water partition coefficient (Wildman–Crippen LogP) is 2.73. The molecule has 3 aromatic rings. The van der Waals surface area contributed by atoms with E-state index in [1.54, 1.807) is 6.07 Å². The molecule has 0 saturated heterocycles. The highest BCUT2D eigenvalue weighted by atomic mass is 19.1. The first-order valence-electron chi connectivity index (χ1n) is 6.31. The van der Waals surface area contributed by atoms with Crippen molar-refractivity contribution >= 4 is 28.3 Å². The van der Waals surface area contributed by atoms with Gasteiger partial charge in [0.1, 0.15) is 11.5 Å². The summed E-state index contributed by atoms with van der Waals surface area (Å²) < 4.78 is 18.4. The molecule has 1 amide bonds. The summed E-state index contributed by atoms with van der Waals surface area (Å²) in [6.07, 6.45) is 0.0447. The number of anilines is 2. The molecule has 6 heteroatoms. The maximum atomic E-state index is 13.3. The van der Waals surface area contributed by atoms with Gasteiger partial charge in [0, 0.05) is 11.1 Å². The Bertz CT molecular complexity index is 814. The van der Waals surface area contributed by atoms with E-state index in [1.807, 2.05) is 18.2 Å². The van der Waals surface area contributed by atoms with Gasteiger partial charge in [-0.1, -0.05) is 17.3 Å². The van der Waals surface area contributed by atoms with Gasteiger partial charge in [0.25, 0.3) is 0 Å². The molecule has 1 heterocycles. The van der Waals surface area contributed by atoms with Crippen LogP contribution in [0.1, 0.15) is 5.69 Å². The first kappa shape index (κ1) is 13.1. The van der Waals surface area contributed by atoms with Gasteiger partial charge in [-0.15, -0.1) is 0 Å². The van der Waals surface area contributed by atoms with Crippen molar-refractivity contribution < 1.29 is 13.7 Å². The molecule has 5 nitrogen and oxygen atoms in total. The predicted molar refractivity (Wildman–Crippen MR) is 77.2 cm³/mol. The van der Waals surface area contributed by atoms with Crippen LogP contribution in [0.3, 0.4) is 0 Å². The summed E-state index contributed by atoms with van der Waals surface area (Å²) in [5.41, 5.74) is 6.93. The summed E-state index contributed by atoms with van der Waals surface area (Å²) in [6, 6.07) is 11.4. The molecule has 0 saturated carbocycles. The highest BCUT2D eigenvalue weighted by Gasteiger charge is 2.12. The SMILES string of the molecule is Nc1ccc(NC(=O)Cc2noc3ccccc23)cc1F. The Balaban J connectivity index is 1.75. The lowest BCUT2D eigenvalue weighted by Crippen LogP contribution is -2.15. The molecule has 0 aliphatic carbocycles. The van der Waals surface area contributed by atoms with Crippen molar-refractivity contribution in [2.75, 3.05) is 11.1 Å².